The topological polar surface area (TPSA) is 56.3 Å². The number of nitrogens with zero attached hydrogens (tertiary/aromatic N) is 1. The highest BCUT2D eigenvalue weighted by atomic mass is 19.1. The highest BCUT2D eigenvalue weighted by molar-refractivity contribution is 6.06. The highest BCUT2D eigenvalue weighted by Crippen LogP contribution is 2.34. The van der Waals surface area contributed by atoms with Gasteiger partial charge in [-0.1, -0.05) is 24.3 Å². The number of amides is 1. The van der Waals surface area contributed by atoms with Gasteiger partial charge in [0.1, 0.15) is 5.82 Å². The lowest BCUT2D eigenvalue weighted by molar-refractivity contribution is 0.0212. The van der Waals surface area contributed by atoms with E-state index < -0.39 is 5.60 Å². The molecule has 1 fully saturated rings. The molecule has 3 aromatic rings. The van der Waals surface area contributed by atoms with Crippen LogP contribution in [0, 0.1) is 19.7 Å². The summed E-state index contributed by atoms with van der Waals surface area (Å²) < 4.78 is 13.2. The van der Waals surface area contributed by atoms with E-state index in [0.29, 0.717) is 43.5 Å². The summed E-state index contributed by atoms with van der Waals surface area (Å²) in [6, 6.07) is 11.8. The molecule has 1 aliphatic heterocycles. The second-order valence-corrected chi connectivity index (χ2v) is 7.79. The number of aromatic amines is 1. The zero-order chi connectivity index (χ0) is 19.9. The van der Waals surface area contributed by atoms with Gasteiger partial charge in [0.15, 0.2) is 0 Å². The Hall–Kier alpha value is -2.66. The van der Waals surface area contributed by atoms with Crippen molar-refractivity contribution in [1.82, 2.24) is 9.88 Å². The van der Waals surface area contributed by atoms with E-state index in [2.05, 4.69) is 11.9 Å². The maximum atomic E-state index is 13.3. The Morgan fingerprint density at radius 3 is 2.61 bits per heavy atom. The monoisotopic (exact) mass is 380 g/mol. The van der Waals surface area contributed by atoms with Gasteiger partial charge in [-0.3, -0.25) is 4.79 Å². The number of likely N-dealkylation sites (tertiary alicyclic amines) is 1. The molecule has 2 aromatic carbocycles. The Labute approximate surface area is 164 Å². The number of fused-ring (bicyclic) bond motifs is 1. The van der Waals surface area contributed by atoms with Crippen molar-refractivity contribution in [2.24, 2.45) is 0 Å². The van der Waals surface area contributed by atoms with E-state index in [1.165, 1.54) is 12.1 Å². The lowest BCUT2D eigenvalue weighted by atomic mass is 9.87. The molecule has 2 N–H and O–H groups in total. The van der Waals surface area contributed by atoms with Crippen LogP contribution >= 0.6 is 0 Å². The number of aromatic nitrogens is 1. The molecular formula is C23H25FN2O2. The Balaban J connectivity index is 1.59. The molecule has 1 aliphatic rings. The zero-order valence-corrected chi connectivity index (χ0v) is 16.3. The largest absolute Gasteiger partial charge is 0.385 e. The molecule has 28 heavy (non-hydrogen) atoms. The van der Waals surface area contributed by atoms with E-state index in [9.17, 15) is 14.3 Å². The number of carbonyl (C=O) groups excluding carboxylic acids is 1. The fourth-order valence-corrected chi connectivity index (χ4v) is 4.20. The van der Waals surface area contributed by atoms with Crippen LogP contribution in [-0.4, -0.2) is 34.0 Å². The number of hydrogen-bond acceptors (Lipinski definition) is 2. The minimum Gasteiger partial charge on any atom is -0.385 e. The SMILES string of the molecule is Cc1[nH]c2c(C(=O)N3CCC[C@@](O)(c4ccc(F)cc4)CC3)cccc2c1C. The van der Waals surface area contributed by atoms with Crippen LogP contribution in [0.3, 0.4) is 0 Å². The molecule has 0 spiro atoms. The smallest absolute Gasteiger partial charge is 0.255 e. The first-order valence-electron chi connectivity index (χ1n) is 9.75. The van der Waals surface area contributed by atoms with Crippen molar-refractivity contribution in [3.63, 3.8) is 0 Å². The Morgan fingerprint density at radius 1 is 1.11 bits per heavy atom. The number of aryl methyl sites for hydroxylation is 2. The molecule has 1 atom stereocenters. The Bertz CT molecular complexity index is 1030. The Kier molecular flexibility index (Phi) is 4.71. The number of aliphatic hydroxyl groups is 1. The van der Waals surface area contributed by atoms with Crippen molar-refractivity contribution < 1.29 is 14.3 Å². The van der Waals surface area contributed by atoms with Crippen LogP contribution in [0.5, 0.6) is 0 Å². The minimum absolute atomic E-state index is 0.0183. The van der Waals surface area contributed by atoms with Crippen LogP contribution in [0.1, 0.15) is 46.4 Å². The summed E-state index contributed by atoms with van der Waals surface area (Å²) in [6.07, 6.45) is 1.68. The minimum atomic E-state index is -1.03. The van der Waals surface area contributed by atoms with Crippen LogP contribution in [-0.2, 0) is 5.60 Å². The average molecular weight is 380 g/mol. The van der Waals surface area contributed by atoms with Crippen LogP contribution in [0.2, 0.25) is 0 Å². The standard InChI is InChI=1S/C23H25FN2O2/c1-15-16(2)25-21-19(15)5-3-6-20(21)22(27)26-13-4-11-23(28,12-14-26)17-7-9-18(24)10-8-17/h3,5-10,25,28H,4,11-14H2,1-2H3/t23-/m0/s1. The molecule has 146 valence electrons. The van der Waals surface area contributed by atoms with E-state index in [1.807, 2.05) is 30.0 Å². The van der Waals surface area contributed by atoms with Crippen molar-refractivity contribution >= 4 is 16.8 Å². The van der Waals surface area contributed by atoms with Gasteiger partial charge in [0, 0.05) is 24.2 Å². The van der Waals surface area contributed by atoms with Crippen molar-refractivity contribution in [3.05, 3.63) is 70.7 Å². The number of hydrogen-bond donors (Lipinski definition) is 2. The molecule has 4 rings (SSSR count). The maximum Gasteiger partial charge on any atom is 0.255 e. The van der Waals surface area contributed by atoms with Gasteiger partial charge in [-0.2, -0.15) is 0 Å². The van der Waals surface area contributed by atoms with Crippen LogP contribution in [0.4, 0.5) is 4.39 Å². The third kappa shape index (κ3) is 3.20. The summed E-state index contributed by atoms with van der Waals surface area (Å²) in [6.45, 7) is 5.12. The molecule has 5 heteroatoms. The lowest BCUT2D eigenvalue weighted by Crippen LogP contribution is -2.33. The first-order valence-corrected chi connectivity index (χ1v) is 9.75. The van der Waals surface area contributed by atoms with Gasteiger partial charge in [-0.05, 0) is 62.4 Å². The van der Waals surface area contributed by atoms with Crippen LogP contribution < -0.4 is 0 Å². The summed E-state index contributed by atoms with van der Waals surface area (Å²) in [7, 11) is 0. The highest BCUT2D eigenvalue weighted by Gasteiger charge is 2.33. The summed E-state index contributed by atoms with van der Waals surface area (Å²) in [5.41, 5.74) is 3.44. The van der Waals surface area contributed by atoms with Crippen molar-refractivity contribution in [3.8, 4) is 0 Å². The van der Waals surface area contributed by atoms with Gasteiger partial charge < -0.3 is 15.0 Å². The fraction of sp³-hybridized carbons (Fsp3) is 0.348. The summed E-state index contributed by atoms with van der Waals surface area (Å²) in [4.78, 5) is 18.4. The lowest BCUT2D eigenvalue weighted by Gasteiger charge is -2.27. The van der Waals surface area contributed by atoms with Gasteiger partial charge in [0.2, 0.25) is 0 Å². The second kappa shape index (κ2) is 7.06. The molecular weight excluding hydrogens is 355 g/mol. The number of para-hydroxylation sites is 1. The van der Waals surface area contributed by atoms with Crippen molar-refractivity contribution in [2.75, 3.05) is 13.1 Å². The normalized spacial score (nSPS) is 20.4. The van der Waals surface area contributed by atoms with Gasteiger partial charge in [0.05, 0.1) is 16.7 Å². The molecule has 2 heterocycles. The van der Waals surface area contributed by atoms with Crippen LogP contribution in [0.25, 0.3) is 10.9 Å². The molecule has 1 amide bonds. The van der Waals surface area contributed by atoms with E-state index in [1.54, 1.807) is 12.1 Å². The predicted octanol–water partition coefficient (Wildman–Crippen LogP) is 4.44. The predicted molar refractivity (Wildman–Crippen MR) is 108 cm³/mol. The van der Waals surface area contributed by atoms with E-state index in [0.717, 1.165) is 22.2 Å². The third-order valence-electron chi connectivity index (χ3n) is 6.06. The number of carbonyl (C=O) groups is 1. The summed E-state index contributed by atoms with van der Waals surface area (Å²) in [5.74, 6) is -0.336. The summed E-state index contributed by atoms with van der Waals surface area (Å²) in [5, 5.41) is 12.2. The van der Waals surface area contributed by atoms with Gasteiger partial charge >= 0.3 is 0 Å². The summed E-state index contributed by atoms with van der Waals surface area (Å²) >= 11 is 0. The van der Waals surface area contributed by atoms with Gasteiger partial charge in [-0.15, -0.1) is 0 Å². The van der Waals surface area contributed by atoms with E-state index >= 15 is 0 Å². The van der Waals surface area contributed by atoms with Crippen molar-refractivity contribution in [2.45, 2.75) is 38.7 Å². The third-order valence-corrected chi connectivity index (χ3v) is 6.06. The van der Waals surface area contributed by atoms with E-state index in [-0.39, 0.29) is 11.7 Å². The van der Waals surface area contributed by atoms with Gasteiger partial charge in [-0.25, -0.2) is 4.39 Å². The number of halogens is 1. The molecule has 0 saturated carbocycles. The quantitative estimate of drug-likeness (QED) is 0.691. The molecule has 4 nitrogen and oxygen atoms in total. The zero-order valence-electron chi connectivity index (χ0n) is 16.3. The number of nitrogens with one attached hydrogen (secondary N) is 1. The molecule has 0 bridgehead atoms. The molecule has 1 saturated heterocycles. The van der Waals surface area contributed by atoms with Crippen molar-refractivity contribution in [1.29, 1.82) is 0 Å². The Morgan fingerprint density at radius 2 is 1.86 bits per heavy atom. The average Bonchev–Trinajstić information content (AvgIpc) is 2.86. The fourth-order valence-electron chi connectivity index (χ4n) is 4.20. The van der Waals surface area contributed by atoms with E-state index in [4.69, 9.17) is 0 Å². The molecule has 0 aliphatic carbocycles. The molecule has 0 radical (unpaired) electrons. The number of benzene rings is 2. The molecule has 1 aromatic heterocycles. The first kappa shape index (κ1) is 18.7. The molecule has 0 unspecified atom stereocenters. The van der Waals surface area contributed by atoms with Gasteiger partial charge in [0.25, 0.3) is 5.91 Å². The maximum absolute atomic E-state index is 13.3. The second-order valence-electron chi connectivity index (χ2n) is 7.79. The number of rotatable bonds is 2. The number of H-pyrrole nitrogens is 1. The first-order chi connectivity index (χ1) is 13.4. The van der Waals surface area contributed by atoms with Crippen LogP contribution in [0.15, 0.2) is 42.5 Å².